The van der Waals surface area contributed by atoms with Crippen molar-refractivity contribution in [3.63, 3.8) is 0 Å². The molecule has 0 fully saturated rings. The first-order valence-electron chi connectivity index (χ1n) is 5.87. The second kappa shape index (κ2) is 5.63. The number of benzene rings is 2. The van der Waals surface area contributed by atoms with Gasteiger partial charge in [-0.3, -0.25) is 0 Å². The Morgan fingerprint density at radius 1 is 1.10 bits per heavy atom. The first-order valence-corrected chi connectivity index (χ1v) is 7.36. The molecule has 0 aromatic heterocycles. The van der Waals surface area contributed by atoms with E-state index in [1.165, 1.54) is 12.1 Å². The Kier molecular flexibility index (Phi) is 3.84. The summed E-state index contributed by atoms with van der Waals surface area (Å²) in [5.41, 5.74) is 2.29. The molecule has 2 aromatic carbocycles. The summed E-state index contributed by atoms with van der Waals surface area (Å²) in [6.45, 7) is 0.277. The fraction of sp³-hybridized carbons (Fsp3) is 0.0769. The van der Waals surface area contributed by atoms with E-state index in [-0.39, 0.29) is 12.3 Å². The van der Waals surface area contributed by atoms with E-state index in [1.54, 1.807) is 6.07 Å². The summed E-state index contributed by atoms with van der Waals surface area (Å²) >= 11 is 13.2. The summed E-state index contributed by atoms with van der Waals surface area (Å²) in [5.74, 6) is -0.635. The van der Waals surface area contributed by atoms with Gasteiger partial charge in [0.2, 0.25) is 0 Å². The van der Waals surface area contributed by atoms with Gasteiger partial charge in [0, 0.05) is 12.6 Å². The van der Waals surface area contributed by atoms with Gasteiger partial charge in [0.05, 0.1) is 27.1 Å². The summed E-state index contributed by atoms with van der Waals surface area (Å²) in [6.07, 6.45) is 0. The summed E-state index contributed by atoms with van der Waals surface area (Å²) in [5, 5.41) is 13.3. The Morgan fingerprint density at radius 2 is 1.86 bits per heavy atom. The van der Waals surface area contributed by atoms with E-state index >= 15 is 0 Å². The fourth-order valence-electron chi connectivity index (χ4n) is 1.97. The van der Waals surface area contributed by atoms with Gasteiger partial charge in [-0.25, -0.2) is 4.39 Å². The van der Waals surface area contributed by atoms with Gasteiger partial charge in [-0.15, -0.1) is 0 Å². The number of phenols is 1. The smallest absolute Gasteiger partial charge is 0.130 e. The number of halogens is 3. The number of hydrogen-bond acceptors (Lipinski definition) is 4. The quantitative estimate of drug-likeness (QED) is 0.688. The number of nitrogens with zero attached hydrogens (tertiary/aromatic N) is 2. The lowest BCUT2D eigenvalue weighted by Crippen LogP contribution is -2.01. The molecule has 108 valence electrons. The van der Waals surface area contributed by atoms with E-state index in [2.05, 4.69) is 14.0 Å². The monoisotopic (exact) mass is 343 g/mol. The van der Waals surface area contributed by atoms with Gasteiger partial charge in [0.25, 0.3) is 0 Å². The van der Waals surface area contributed by atoms with Crippen molar-refractivity contribution in [2.45, 2.75) is 6.54 Å². The molecule has 0 amide bonds. The largest absolute Gasteiger partial charge is 0.508 e. The molecule has 0 spiro atoms. The SMILES string of the molecule is Oc1cc(F)cc(CNc2c(Cl)cc(Cl)c3c2N=S=N3)c1. The highest BCUT2D eigenvalue weighted by Crippen LogP contribution is 2.47. The molecule has 0 aliphatic carbocycles. The number of phenolic OH excluding ortho intramolecular Hbond substituents is 1. The number of hydrogen-bond donors (Lipinski definition) is 2. The topological polar surface area (TPSA) is 57.0 Å². The molecule has 3 rings (SSSR count). The Labute approximate surface area is 133 Å². The zero-order chi connectivity index (χ0) is 15.0. The summed E-state index contributed by atoms with van der Waals surface area (Å²) < 4.78 is 21.5. The van der Waals surface area contributed by atoms with E-state index in [4.69, 9.17) is 23.2 Å². The van der Waals surface area contributed by atoms with E-state index in [0.717, 1.165) is 17.4 Å². The second-order valence-electron chi connectivity index (χ2n) is 4.35. The summed E-state index contributed by atoms with van der Waals surface area (Å²) in [4.78, 5) is 0. The third kappa shape index (κ3) is 2.88. The van der Waals surface area contributed by atoms with Crippen LogP contribution in [0.2, 0.25) is 10.0 Å². The molecule has 1 heterocycles. The van der Waals surface area contributed by atoms with Crippen LogP contribution in [0.5, 0.6) is 5.75 Å². The zero-order valence-corrected chi connectivity index (χ0v) is 12.7. The highest BCUT2D eigenvalue weighted by Gasteiger charge is 2.18. The number of nitrogens with one attached hydrogen (secondary N) is 1. The number of aromatic hydroxyl groups is 1. The van der Waals surface area contributed by atoms with Crippen molar-refractivity contribution < 1.29 is 9.50 Å². The van der Waals surface area contributed by atoms with Gasteiger partial charge in [0.15, 0.2) is 0 Å². The van der Waals surface area contributed by atoms with Crippen LogP contribution in [0, 0.1) is 5.82 Å². The predicted molar refractivity (Wildman–Crippen MR) is 83.4 cm³/mol. The molecule has 4 nitrogen and oxygen atoms in total. The van der Waals surface area contributed by atoms with Gasteiger partial charge < -0.3 is 10.4 Å². The lowest BCUT2D eigenvalue weighted by atomic mass is 10.2. The van der Waals surface area contributed by atoms with Gasteiger partial charge in [-0.1, -0.05) is 23.2 Å². The Morgan fingerprint density at radius 3 is 2.62 bits per heavy atom. The average Bonchev–Trinajstić information content (AvgIpc) is 2.86. The van der Waals surface area contributed by atoms with Crippen LogP contribution in [0.4, 0.5) is 21.5 Å². The maximum atomic E-state index is 13.2. The molecule has 0 saturated carbocycles. The Balaban J connectivity index is 1.90. The molecule has 0 unspecified atom stereocenters. The third-order valence-electron chi connectivity index (χ3n) is 2.86. The average molecular weight is 344 g/mol. The Bertz CT molecular complexity index is 786. The first-order chi connectivity index (χ1) is 10.0. The molecule has 2 N–H and O–H groups in total. The zero-order valence-electron chi connectivity index (χ0n) is 10.4. The van der Waals surface area contributed by atoms with Crippen LogP contribution in [0.1, 0.15) is 5.56 Å². The number of rotatable bonds is 3. The van der Waals surface area contributed by atoms with E-state index in [1.807, 2.05) is 0 Å². The normalized spacial score (nSPS) is 12.1. The van der Waals surface area contributed by atoms with E-state index < -0.39 is 5.82 Å². The van der Waals surface area contributed by atoms with Crippen molar-refractivity contribution >= 4 is 51.6 Å². The van der Waals surface area contributed by atoms with Crippen molar-refractivity contribution in [1.29, 1.82) is 0 Å². The van der Waals surface area contributed by atoms with Gasteiger partial charge in [-0.2, -0.15) is 8.73 Å². The molecule has 21 heavy (non-hydrogen) atoms. The van der Waals surface area contributed by atoms with Crippen LogP contribution in [0.15, 0.2) is 33.0 Å². The van der Waals surface area contributed by atoms with Gasteiger partial charge >= 0.3 is 0 Å². The Hall–Kier alpha value is -1.63. The fourth-order valence-corrected chi connectivity index (χ4v) is 3.15. The maximum Gasteiger partial charge on any atom is 0.130 e. The minimum atomic E-state index is -0.505. The van der Waals surface area contributed by atoms with Crippen LogP contribution < -0.4 is 5.32 Å². The molecule has 2 aromatic rings. The predicted octanol–water partition coefficient (Wildman–Crippen LogP) is 5.18. The molecule has 8 heteroatoms. The van der Waals surface area contributed by atoms with Crippen molar-refractivity contribution in [3.05, 3.63) is 45.7 Å². The van der Waals surface area contributed by atoms with Crippen molar-refractivity contribution in [3.8, 4) is 5.75 Å². The molecule has 1 aliphatic heterocycles. The lowest BCUT2D eigenvalue weighted by Gasteiger charge is -2.12. The standard InChI is InChI=1S/C13H8Cl2FN3OS/c14-9-4-10(15)12-13(19-21-18-12)11(9)17-5-6-1-7(16)3-8(20)2-6/h1-4,17,20H,5H2. The van der Waals surface area contributed by atoms with Crippen LogP contribution in [0.25, 0.3) is 0 Å². The minimum Gasteiger partial charge on any atom is -0.508 e. The molecular weight excluding hydrogens is 336 g/mol. The second-order valence-corrected chi connectivity index (χ2v) is 5.69. The highest BCUT2D eigenvalue weighted by molar-refractivity contribution is 7.58. The van der Waals surface area contributed by atoms with Crippen LogP contribution in [0.3, 0.4) is 0 Å². The molecular formula is C13H8Cl2FN3OS. The summed E-state index contributed by atoms with van der Waals surface area (Å²) in [7, 11) is 0. The highest BCUT2D eigenvalue weighted by atomic mass is 35.5. The molecule has 0 bridgehead atoms. The number of fused-ring (bicyclic) bond motifs is 1. The van der Waals surface area contributed by atoms with Crippen LogP contribution in [-0.4, -0.2) is 5.11 Å². The molecule has 0 radical (unpaired) electrons. The summed E-state index contributed by atoms with van der Waals surface area (Å²) in [6, 6.07) is 5.42. The van der Waals surface area contributed by atoms with Crippen molar-refractivity contribution in [2.24, 2.45) is 8.73 Å². The van der Waals surface area contributed by atoms with E-state index in [9.17, 15) is 9.50 Å². The van der Waals surface area contributed by atoms with Gasteiger partial charge in [0.1, 0.15) is 22.9 Å². The van der Waals surface area contributed by atoms with Crippen molar-refractivity contribution in [2.75, 3.05) is 5.32 Å². The van der Waals surface area contributed by atoms with Crippen molar-refractivity contribution in [1.82, 2.24) is 0 Å². The molecule has 0 atom stereocenters. The van der Waals surface area contributed by atoms with Crippen LogP contribution >= 0.6 is 23.2 Å². The first kappa shape index (κ1) is 14.3. The van der Waals surface area contributed by atoms with Gasteiger partial charge in [-0.05, 0) is 23.8 Å². The minimum absolute atomic E-state index is 0.130. The van der Waals surface area contributed by atoms with E-state index in [0.29, 0.717) is 32.7 Å². The molecule has 1 aliphatic rings. The maximum absolute atomic E-state index is 13.2. The third-order valence-corrected chi connectivity index (χ3v) is 3.97. The number of anilines is 1. The molecule has 0 saturated heterocycles. The lowest BCUT2D eigenvalue weighted by molar-refractivity contribution is 0.468. The van der Waals surface area contributed by atoms with Crippen LogP contribution in [-0.2, 0) is 17.9 Å².